The molecule has 1 N–H and O–H groups in total. The smallest absolute Gasteiger partial charge is 0.328 e. The quantitative estimate of drug-likeness (QED) is 0.847. The summed E-state index contributed by atoms with van der Waals surface area (Å²) in [6, 6.07) is 5.38. The van der Waals surface area contributed by atoms with Crippen LogP contribution in [0, 0.1) is 11.3 Å². The van der Waals surface area contributed by atoms with Crippen LogP contribution in [-0.2, 0) is 4.79 Å². The van der Waals surface area contributed by atoms with Gasteiger partial charge in [0.15, 0.2) is 0 Å². The van der Waals surface area contributed by atoms with Crippen LogP contribution in [0.15, 0.2) is 27.2 Å². The molecule has 0 aliphatic rings. The second-order valence-corrected chi connectivity index (χ2v) is 4.40. The molecule has 0 heterocycles. The third-order valence-corrected chi connectivity index (χ3v) is 2.72. The molecule has 0 saturated heterocycles. The molecule has 1 rings (SSSR count). The lowest BCUT2D eigenvalue weighted by atomic mass is 10.1. The molecule has 0 unspecified atom stereocenters. The van der Waals surface area contributed by atoms with Crippen molar-refractivity contribution in [3.63, 3.8) is 0 Å². The first kappa shape index (κ1) is 12.0. The molecule has 15 heavy (non-hydrogen) atoms. The summed E-state index contributed by atoms with van der Waals surface area (Å²) in [5.74, 6) is -1.05. The van der Waals surface area contributed by atoms with E-state index in [1.54, 1.807) is 12.1 Å². The van der Waals surface area contributed by atoms with E-state index in [9.17, 15) is 4.79 Å². The van der Waals surface area contributed by atoms with Gasteiger partial charge in [0.2, 0.25) is 0 Å². The van der Waals surface area contributed by atoms with Crippen LogP contribution in [0.2, 0.25) is 0 Å². The lowest BCUT2D eigenvalue weighted by Crippen LogP contribution is -1.89. The lowest BCUT2D eigenvalue weighted by molar-refractivity contribution is -0.131. The number of hydrogen-bond donors (Lipinski definition) is 1. The highest BCUT2D eigenvalue weighted by molar-refractivity contribution is 9.11. The summed E-state index contributed by atoms with van der Waals surface area (Å²) in [7, 11) is 0. The summed E-state index contributed by atoms with van der Waals surface area (Å²) in [4.78, 5) is 10.4. The van der Waals surface area contributed by atoms with E-state index in [2.05, 4.69) is 31.9 Å². The maximum Gasteiger partial charge on any atom is 0.328 e. The van der Waals surface area contributed by atoms with Gasteiger partial charge in [-0.3, -0.25) is 0 Å². The molecule has 0 spiro atoms. The van der Waals surface area contributed by atoms with Crippen LogP contribution in [0.1, 0.15) is 11.1 Å². The minimum absolute atomic E-state index is 0.411. The molecular formula is C10H5Br2NO2. The molecule has 5 heteroatoms. The molecule has 0 aliphatic heterocycles. The van der Waals surface area contributed by atoms with E-state index >= 15 is 0 Å². The first-order valence-corrected chi connectivity index (χ1v) is 5.43. The van der Waals surface area contributed by atoms with Gasteiger partial charge in [0.25, 0.3) is 0 Å². The number of halogens is 2. The van der Waals surface area contributed by atoms with Crippen molar-refractivity contribution in [3.8, 4) is 6.07 Å². The van der Waals surface area contributed by atoms with Gasteiger partial charge in [0.1, 0.15) is 0 Å². The highest BCUT2D eigenvalue weighted by atomic mass is 79.9. The predicted octanol–water partition coefficient (Wildman–Crippen LogP) is 3.18. The fourth-order valence-electron chi connectivity index (χ4n) is 1.00. The molecule has 0 bridgehead atoms. The normalized spacial score (nSPS) is 10.2. The second kappa shape index (κ2) is 5.10. The molecule has 0 atom stereocenters. The van der Waals surface area contributed by atoms with Gasteiger partial charge >= 0.3 is 5.97 Å². The van der Waals surface area contributed by atoms with Crippen LogP contribution < -0.4 is 0 Å². The Kier molecular flexibility index (Phi) is 4.06. The Morgan fingerprint density at radius 2 is 2.13 bits per heavy atom. The Balaban J connectivity index is 3.28. The highest BCUT2D eigenvalue weighted by Gasteiger charge is 2.05. The molecule has 3 nitrogen and oxygen atoms in total. The van der Waals surface area contributed by atoms with Gasteiger partial charge < -0.3 is 5.11 Å². The van der Waals surface area contributed by atoms with Crippen LogP contribution in [-0.4, -0.2) is 11.1 Å². The van der Waals surface area contributed by atoms with E-state index in [1.165, 1.54) is 6.08 Å². The van der Waals surface area contributed by atoms with Crippen molar-refractivity contribution in [2.45, 2.75) is 0 Å². The largest absolute Gasteiger partial charge is 0.478 e. The van der Waals surface area contributed by atoms with Crippen LogP contribution >= 0.6 is 31.9 Å². The Bertz CT molecular complexity index is 475. The molecule has 0 aromatic heterocycles. The van der Waals surface area contributed by atoms with E-state index in [-0.39, 0.29) is 0 Å². The van der Waals surface area contributed by atoms with Gasteiger partial charge in [-0.1, -0.05) is 31.9 Å². The summed E-state index contributed by atoms with van der Waals surface area (Å²) in [5, 5.41) is 17.3. The molecule has 1 aromatic rings. The average molecular weight is 331 g/mol. The number of carboxylic acid groups (broad SMARTS) is 1. The summed E-state index contributed by atoms with van der Waals surface area (Å²) in [5.41, 5.74) is 0.969. The lowest BCUT2D eigenvalue weighted by Gasteiger charge is -2.02. The maximum absolute atomic E-state index is 10.4. The van der Waals surface area contributed by atoms with Crippen LogP contribution in [0.5, 0.6) is 0 Å². The first-order chi connectivity index (χ1) is 7.04. The second-order valence-electron chi connectivity index (χ2n) is 2.63. The molecule has 1 aromatic carbocycles. The topological polar surface area (TPSA) is 61.1 Å². The molecule has 0 radical (unpaired) electrons. The Morgan fingerprint density at radius 1 is 1.47 bits per heavy atom. The summed E-state index contributed by atoms with van der Waals surface area (Å²) in [6.45, 7) is 0. The fraction of sp³-hybridized carbons (Fsp3) is 0. The zero-order valence-corrected chi connectivity index (χ0v) is 10.5. The van der Waals surface area contributed by atoms with Gasteiger partial charge in [-0.15, -0.1) is 0 Å². The standard InChI is InChI=1S/C10H5Br2NO2/c11-7-3-6(5-13)8(9(12)4-7)1-2-10(14)15/h1-4H,(H,14,15)/b2-1+. The van der Waals surface area contributed by atoms with Crippen LogP contribution in [0.4, 0.5) is 0 Å². The predicted molar refractivity (Wildman–Crippen MR) is 63.2 cm³/mol. The van der Waals surface area contributed by atoms with E-state index in [4.69, 9.17) is 10.4 Å². The SMILES string of the molecule is N#Cc1cc(Br)cc(Br)c1/C=C/C(=O)O. The van der Waals surface area contributed by atoms with Crippen molar-refractivity contribution in [1.82, 2.24) is 0 Å². The van der Waals surface area contributed by atoms with E-state index < -0.39 is 5.97 Å². The summed E-state index contributed by atoms with van der Waals surface area (Å²) >= 11 is 6.51. The van der Waals surface area contributed by atoms with Crippen molar-refractivity contribution in [2.75, 3.05) is 0 Å². The number of hydrogen-bond acceptors (Lipinski definition) is 2. The number of carbonyl (C=O) groups is 1. The zero-order chi connectivity index (χ0) is 11.4. The summed E-state index contributed by atoms with van der Waals surface area (Å²) < 4.78 is 1.43. The van der Waals surface area contributed by atoms with E-state index in [1.807, 2.05) is 6.07 Å². The third kappa shape index (κ3) is 3.18. The minimum atomic E-state index is -1.05. The Labute approximate surface area is 103 Å². The van der Waals surface area contributed by atoms with Crippen molar-refractivity contribution >= 4 is 43.9 Å². The molecule has 0 amide bonds. The van der Waals surface area contributed by atoms with Crippen molar-refractivity contribution in [1.29, 1.82) is 5.26 Å². The highest BCUT2D eigenvalue weighted by Crippen LogP contribution is 2.26. The molecule has 0 fully saturated rings. The monoisotopic (exact) mass is 329 g/mol. The van der Waals surface area contributed by atoms with Crippen molar-refractivity contribution in [2.24, 2.45) is 0 Å². The van der Waals surface area contributed by atoms with Gasteiger partial charge in [-0.25, -0.2) is 4.79 Å². The first-order valence-electron chi connectivity index (χ1n) is 3.84. The number of aliphatic carboxylic acids is 1. The number of benzene rings is 1. The number of nitriles is 1. The van der Waals surface area contributed by atoms with Crippen LogP contribution in [0.25, 0.3) is 6.08 Å². The third-order valence-electron chi connectivity index (χ3n) is 1.61. The number of carboxylic acids is 1. The average Bonchev–Trinajstić information content (AvgIpc) is 2.14. The zero-order valence-electron chi connectivity index (χ0n) is 7.37. The molecule has 76 valence electrons. The van der Waals surface area contributed by atoms with E-state index in [0.717, 1.165) is 10.5 Å². The summed E-state index contributed by atoms with van der Waals surface area (Å²) in [6.07, 6.45) is 2.38. The number of nitrogens with zero attached hydrogens (tertiary/aromatic N) is 1. The molecular weight excluding hydrogens is 326 g/mol. The Hall–Kier alpha value is -1.12. The maximum atomic E-state index is 10.4. The Morgan fingerprint density at radius 3 is 2.67 bits per heavy atom. The van der Waals surface area contributed by atoms with Gasteiger partial charge in [-0.05, 0) is 18.2 Å². The number of rotatable bonds is 2. The minimum Gasteiger partial charge on any atom is -0.478 e. The molecule has 0 aliphatic carbocycles. The van der Waals surface area contributed by atoms with Gasteiger partial charge in [0.05, 0.1) is 11.6 Å². The van der Waals surface area contributed by atoms with Gasteiger partial charge in [-0.2, -0.15) is 5.26 Å². The van der Waals surface area contributed by atoms with Crippen molar-refractivity contribution < 1.29 is 9.90 Å². The van der Waals surface area contributed by atoms with E-state index in [0.29, 0.717) is 15.6 Å². The van der Waals surface area contributed by atoms with Gasteiger partial charge in [0, 0.05) is 20.6 Å². The van der Waals surface area contributed by atoms with Crippen molar-refractivity contribution in [3.05, 3.63) is 38.3 Å². The fourth-order valence-corrected chi connectivity index (χ4v) is 2.36. The molecule has 0 saturated carbocycles. The van der Waals surface area contributed by atoms with Crippen LogP contribution in [0.3, 0.4) is 0 Å².